The lowest BCUT2D eigenvalue weighted by molar-refractivity contribution is 0.590. The Morgan fingerprint density at radius 3 is 2.90 bits per heavy atom. The first-order chi connectivity index (χ1) is 15.2. The van der Waals surface area contributed by atoms with Crippen LogP contribution in [-0.2, 0) is 19.4 Å². The third-order valence-electron chi connectivity index (χ3n) is 5.02. The molecule has 0 unspecified atom stereocenters. The Morgan fingerprint density at radius 1 is 1.29 bits per heavy atom. The summed E-state index contributed by atoms with van der Waals surface area (Å²) in [7, 11) is 0. The number of H-pyrrole nitrogens is 1. The number of allylic oxidation sites excluding steroid dienone is 1. The highest BCUT2D eigenvalue weighted by atomic mass is 35.5. The molecule has 0 atom stereocenters. The molecular weight excluding hydrogens is 435 g/mol. The van der Waals surface area contributed by atoms with Crippen molar-refractivity contribution in [3.05, 3.63) is 80.5 Å². The molecule has 1 N–H and O–H groups in total. The van der Waals surface area contributed by atoms with Crippen LogP contribution in [0.5, 0.6) is 0 Å². The molecule has 0 amide bonds. The predicted molar refractivity (Wildman–Crippen MR) is 121 cm³/mol. The van der Waals surface area contributed by atoms with E-state index in [4.69, 9.17) is 11.6 Å². The molecule has 160 valence electrons. The van der Waals surface area contributed by atoms with Crippen LogP contribution in [0.25, 0.3) is 11.6 Å². The first-order valence-electron chi connectivity index (χ1n) is 10.1. The maximum absolute atomic E-state index is 14.5. The van der Waals surface area contributed by atoms with Gasteiger partial charge in [0.05, 0.1) is 18.4 Å². The molecule has 0 saturated carbocycles. The van der Waals surface area contributed by atoms with Crippen molar-refractivity contribution in [1.29, 1.82) is 0 Å². The highest BCUT2D eigenvalue weighted by molar-refractivity contribution is 7.10. The van der Waals surface area contributed by atoms with E-state index in [1.54, 1.807) is 23.5 Å². The van der Waals surface area contributed by atoms with Gasteiger partial charge in [-0.15, -0.1) is 16.4 Å². The minimum absolute atomic E-state index is 0.303. The van der Waals surface area contributed by atoms with Crippen molar-refractivity contribution in [2.24, 2.45) is 0 Å². The van der Waals surface area contributed by atoms with Crippen molar-refractivity contribution in [3.63, 3.8) is 0 Å². The van der Waals surface area contributed by atoms with Gasteiger partial charge in [-0.3, -0.25) is 0 Å². The van der Waals surface area contributed by atoms with Crippen LogP contribution in [-0.4, -0.2) is 30.2 Å². The lowest BCUT2D eigenvalue weighted by Crippen LogP contribution is -2.09. The van der Waals surface area contributed by atoms with Gasteiger partial charge in [0.15, 0.2) is 5.82 Å². The smallest absolute Gasteiger partial charge is 0.175 e. The Balaban J connectivity index is 1.76. The number of nitrogens with one attached hydrogen (secondary N) is 1. The van der Waals surface area contributed by atoms with Gasteiger partial charge in [0.1, 0.15) is 11.6 Å². The molecule has 0 spiro atoms. The lowest BCUT2D eigenvalue weighted by atomic mass is 10.1. The van der Waals surface area contributed by atoms with Gasteiger partial charge in [0, 0.05) is 33.9 Å². The Hall–Kier alpha value is -2.84. The van der Waals surface area contributed by atoms with E-state index >= 15 is 0 Å². The molecule has 0 fully saturated rings. The number of benzene rings is 1. The fraction of sp³-hybridized carbons (Fsp3) is 0.273. The van der Waals surface area contributed by atoms with Gasteiger partial charge in [-0.2, -0.15) is 0 Å². The van der Waals surface area contributed by atoms with Crippen molar-refractivity contribution in [3.8, 4) is 0 Å². The van der Waals surface area contributed by atoms with Crippen molar-refractivity contribution < 1.29 is 4.39 Å². The number of unbranched alkanes of at least 4 members (excludes halogenated alkanes) is 1. The average Bonchev–Trinajstić information content (AvgIpc) is 3.52. The molecule has 0 radical (unpaired) electrons. The number of nitrogens with zero attached hydrogens (tertiary/aromatic N) is 5. The molecular formula is C22H22ClFN6S. The predicted octanol–water partition coefficient (Wildman–Crippen LogP) is 5.42. The van der Waals surface area contributed by atoms with Gasteiger partial charge in [0.25, 0.3) is 0 Å². The third-order valence-corrected chi connectivity index (χ3v) is 6.25. The SMILES string of the molecule is CCCCc1ncc(C=C(Cc2cccs2)c2nnn[nH]2)n1Cc1c(F)cccc1Cl. The molecule has 1 aromatic carbocycles. The molecule has 4 rings (SSSR count). The third kappa shape index (κ3) is 5.08. The lowest BCUT2D eigenvalue weighted by Gasteiger charge is -2.13. The van der Waals surface area contributed by atoms with E-state index in [2.05, 4.69) is 38.6 Å². The molecule has 3 aromatic heterocycles. The van der Waals surface area contributed by atoms with Gasteiger partial charge >= 0.3 is 0 Å². The molecule has 3 heterocycles. The summed E-state index contributed by atoms with van der Waals surface area (Å²) < 4.78 is 16.6. The Kier molecular flexibility index (Phi) is 6.89. The quantitative estimate of drug-likeness (QED) is 0.364. The minimum atomic E-state index is -0.323. The Bertz CT molecular complexity index is 1130. The summed E-state index contributed by atoms with van der Waals surface area (Å²) in [6.07, 6.45) is 7.35. The van der Waals surface area contributed by atoms with E-state index in [0.717, 1.165) is 36.4 Å². The first-order valence-corrected chi connectivity index (χ1v) is 11.4. The number of tetrazole rings is 1. The normalized spacial score (nSPS) is 11.9. The zero-order chi connectivity index (χ0) is 21.6. The number of thiophene rings is 1. The van der Waals surface area contributed by atoms with Crippen molar-refractivity contribution >= 4 is 34.6 Å². The zero-order valence-corrected chi connectivity index (χ0v) is 18.6. The second kappa shape index (κ2) is 9.98. The highest BCUT2D eigenvalue weighted by Gasteiger charge is 2.16. The number of aromatic amines is 1. The number of aryl methyl sites for hydroxylation is 1. The van der Waals surface area contributed by atoms with Gasteiger partial charge in [-0.25, -0.2) is 14.5 Å². The van der Waals surface area contributed by atoms with Crippen molar-refractivity contribution in [2.45, 2.75) is 39.2 Å². The largest absolute Gasteiger partial charge is 0.324 e. The number of imidazole rings is 1. The van der Waals surface area contributed by atoms with Crippen molar-refractivity contribution in [1.82, 2.24) is 30.2 Å². The van der Waals surface area contributed by atoms with Crippen molar-refractivity contribution in [2.75, 3.05) is 0 Å². The first kappa shape index (κ1) is 21.4. The number of halogens is 2. The van der Waals surface area contributed by atoms with E-state index < -0.39 is 0 Å². The summed E-state index contributed by atoms with van der Waals surface area (Å²) in [6, 6.07) is 8.85. The second-order valence-corrected chi connectivity index (χ2v) is 8.60. The van der Waals surface area contributed by atoms with E-state index in [1.807, 2.05) is 28.3 Å². The van der Waals surface area contributed by atoms with E-state index in [9.17, 15) is 4.39 Å². The summed E-state index contributed by atoms with van der Waals surface area (Å²) in [6.45, 7) is 2.44. The second-order valence-electron chi connectivity index (χ2n) is 7.16. The summed E-state index contributed by atoms with van der Waals surface area (Å²) in [4.78, 5) is 5.83. The summed E-state index contributed by atoms with van der Waals surface area (Å²) in [5.74, 6) is 1.18. The van der Waals surface area contributed by atoms with Crippen LogP contribution in [0.15, 0.2) is 41.9 Å². The zero-order valence-electron chi connectivity index (χ0n) is 17.1. The Morgan fingerprint density at radius 2 is 2.19 bits per heavy atom. The maximum Gasteiger partial charge on any atom is 0.175 e. The molecule has 0 bridgehead atoms. The van der Waals surface area contributed by atoms with E-state index in [0.29, 0.717) is 29.4 Å². The molecule has 9 heteroatoms. The molecule has 31 heavy (non-hydrogen) atoms. The maximum atomic E-state index is 14.5. The van der Waals surface area contributed by atoms with Gasteiger partial charge in [-0.05, 0) is 46.5 Å². The van der Waals surface area contributed by atoms with E-state index in [1.165, 1.54) is 10.9 Å². The molecule has 0 aliphatic heterocycles. The topological polar surface area (TPSA) is 72.3 Å². The Labute approximate surface area is 188 Å². The van der Waals surface area contributed by atoms with Crippen LogP contribution in [0.4, 0.5) is 4.39 Å². The van der Waals surface area contributed by atoms with E-state index in [-0.39, 0.29) is 5.82 Å². The minimum Gasteiger partial charge on any atom is -0.324 e. The molecule has 0 saturated heterocycles. The number of aromatic nitrogens is 6. The molecule has 4 aromatic rings. The molecule has 0 aliphatic rings. The fourth-order valence-electron chi connectivity index (χ4n) is 3.38. The van der Waals surface area contributed by atoms with Crippen LogP contribution < -0.4 is 0 Å². The van der Waals surface area contributed by atoms with Crippen LogP contribution in [0.3, 0.4) is 0 Å². The standard InChI is InChI=1S/C22H22ClFN6S/c1-2-3-9-21-25-13-16(30(21)14-18-19(23)7-4-8-20(18)24)11-15(22-26-28-29-27-22)12-17-6-5-10-31-17/h4-8,10-11,13H,2-3,9,12,14H2,1H3,(H,26,27,28,29). The van der Waals surface area contributed by atoms with Gasteiger partial charge in [0.2, 0.25) is 0 Å². The summed E-state index contributed by atoms with van der Waals surface area (Å²) in [5, 5.41) is 16.8. The molecule has 6 nitrogen and oxygen atoms in total. The fourth-order valence-corrected chi connectivity index (χ4v) is 4.33. The van der Waals surface area contributed by atoms with Crippen LogP contribution >= 0.6 is 22.9 Å². The van der Waals surface area contributed by atoms with Crippen LogP contribution in [0.2, 0.25) is 5.02 Å². The van der Waals surface area contributed by atoms with Crippen LogP contribution in [0.1, 0.15) is 47.5 Å². The van der Waals surface area contributed by atoms with Gasteiger partial charge in [-0.1, -0.05) is 37.1 Å². The average molecular weight is 457 g/mol. The number of hydrogen-bond acceptors (Lipinski definition) is 5. The summed E-state index contributed by atoms with van der Waals surface area (Å²) in [5.41, 5.74) is 2.24. The molecule has 0 aliphatic carbocycles. The van der Waals surface area contributed by atoms with Crippen LogP contribution in [0, 0.1) is 5.82 Å². The summed E-state index contributed by atoms with van der Waals surface area (Å²) >= 11 is 7.99. The monoisotopic (exact) mass is 456 g/mol. The number of rotatable bonds is 9. The highest BCUT2D eigenvalue weighted by Crippen LogP contribution is 2.26. The van der Waals surface area contributed by atoms with Gasteiger partial charge < -0.3 is 4.57 Å². The number of hydrogen-bond donors (Lipinski definition) is 1.